The summed E-state index contributed by atoms with van der Waals surface area (Å²) >= 11 is 1.83. The van der Waals surface area contributed by atoms with Crippen LogP contribution >= 0.6 is 11.3 Å². The number of rotatable bonds is 4. The molecule has 0 saturated heterocycles. The van der Waals surface area contributed by atoms with E-state index in [9.17, 15) is 0 Å². The van der Waals surface area contributed by atoms with Gasteiger partial charge in [0.2, 0.25) is 0 Å². The lowest BCUT2D eigenvalue weighted by atomic mass is 10.0. The Bertz CT molecular complexity index is 326. The molecule has 0 amide bonds. The van der Waals surface area contributed by atoms with Crippen LogP contribution in [0.1, 0.15) is 48.2 Å². The first kappa shape index (κ1) is 12.1. The minimum absolute atomic E-state index is 0.731. The summed E-state index contributed by atoms with van der Waals surface area (Å²) < 4.78 is 0. The minimum Gasteiger partial charge on any atom is -0.307 e. The van der Waals surface area contributed by atoms with Crippen molar-refractivity contribution in [3.63, 3.8) is 0 Å². The molecule has 1 fully saturated rings. The summed E-state index contributed by atoms with van der Waals surface area (Å²) in [6, 6.07) is 0.731. The number of thiazole rings is 1. The monoisotopic (exact) mass is 238 g/mol. The fourth-order valence-corrected chi connectivity index (χ4v) is 3.51. The van der Waals surface area contributed by atoms with Gasteiger partial charge >= 0.3 is 0 Å². The Balaban J connectivity index is 1.87. The zero-order chi connectivity index (χ0) is 11.5. The molecule has 0 bridgehead atoms. The van der Waals surface area contributed by atoms with Crippen LogP contribution in [-0.2, 0) is 6.54 Å². The van der Waals surface area contributed by atoms with Crippen LogP contribution < -0.4 is 5.32 Å². The van der Waals surface area contributed by atoms with E-state index in [0.717, 1.165) is 18.5 Å². The lowest BCUT2D eigenvalue weighted by Gasteiger charge is -2.18. The molecular weight excluding hydrogens is 216 g/mol. The van der Waals surface area contributed by atoms with Gasteiger partial charge in [0.25, 0.3) is 0 Å². The Morgan fingerprint density at radius 3 is 2.81 bits per heavy atom. The maximum atomic E-state index is 4.58. The summed E-state index contributed by atoms with van der Waals surface area (Å²) in [6.07, 6.45) is 5.46. The molecular formula is C13H22N2S. The normalized spacial score (nSPS) is 25.2. The van der Waals surface area contributed by atoms with E-state index in [0.29, 0.717) is 0 Å². The third kappa shape index (κ3) is 2.64. The quantitative estimate of drug-likeness (QED) is 0.869. The molecule has 1 aromatic heterocycles. The standard InChI is InChI=1S/C13H22N2S/c1-4-11-6-5-7-12(11)14-8-13-15-9(2)10(3)16-13/h11-12,14H,4-8H2,1-3H3. The number of hydrogen-bond donors (Lipinski definition) is 1. The minimum atomic E-state index is 0.731. The molecule has 0 radical (unpaired) electrons. The molecule has 1 heterocycles. The van der Waals surface area contributed by atoms with Gasteiger partial charge in [-0.3, -0.25) is 0 Å². The maximum Gasteiger partial charge on any atom is 0.107 e. The van der Waals surface area contributed by atoms with Crippen molar-refractivity contribution in [2.24, 2.45) is 5.92 Å². The maximum absolute atomic E-state index is 4.58. The van der Waals surface area contributed by atoms with Gasteiger partial charge in [0.05, 0.1) is 5.69 Å². The third-order valence-corrected chi connectivity index (χ3v) is 4.84. The van der Waals surface area contributed by atoms with Crippen molar-refractivity contribution in [2.45, 2.75) is 59.0 Å². The zero-order valence-electron chi connectivity index (χ0n) is 10.5. The van der Waals surface area contributed by atoms with Gasteiger partial charge in [-0.15, -0.1) is 11.3 Å². The smallest absolute Gasteiger partial charge is 0.107 e. The molecule has 90 valence electrons. The molecule has 1 aliphatic rings. The average molecular weight is 238 g/mol. The summed E-state index contributed by atoms with van der Waals surface area (Å²) in [5, 5.41) is 4.93. The van der Waals surface area contributed by atoms with Gasteiger partial charge in [-0.05, 0) is 32.6 Å². The lowest BCUT2D eigenvalue weighted by Crippen LogP contribution is -2.31. The largest absolute Gasteiger partial charge is 0.307 e. The molecule has 2 atom stereocenters. The van der Waals surface area contributed by atoms with Crippen molar-refractivity contribution in [3.05, 3.63) is 15.6 Å². The molecule has 0 spiro atoms. The van der Waals surface area contributed by atoms with E-state index in [1.165, 1.54) is 41.3 Å². The molecule has 1 aromatic rings. The van der Waals surface area contributed by atoms with Crippen LogP contribution in [0.3, 0.4) is 0 Å². The van der Waals surface area contributed by atoms with Gasteiger partial charge in [0.1, 0.15) is 5.01 Å². The number of hydrogen-bond acceptors (Lipinski definition) is 3. The van der Waals surface area contributed by atoms with E-state index in [-0.39, 0.29) is 0 Å². The van der Waals surface area contributed by atoms with Crippen LogP contribution in [0.2, 0.25) is 0 Å². The van der Waals surface area contributed by atoms with Gasteiger partial charge in [0.15, 0.2) is 0 Å². The topological polar surface area (TPSA) is 24.9 Å². The Kier molecular flexibility index (Phi) is 3.98. The molecule has 3 heteroatoms. The van der Waals surface area contributed by atoms with E-state index in [1.54, 1.807) is 0 Å². The zero-order valence-corrected chi connectivity index (χ0v) is 11.4. The molecule has 2 rings (SSSR count). The van der Waals surface area contributed by atoms with Gasteiger partial charge in [0, 0.05) is 17.5 Å². The summed E-state index contributed by atoms with van der Waals surface area (Å²) in [7, 11) is 0. The van der Waals surface area contributed by atoms with E-state index in [1.807, 2.05) is 11.3 Å². The number of nitrogens with one attached hydrogen (secondary N) is 1. The first-order chi connectivity index (χ1) is 7.70. The van der Waals surface area contributed by atoms with Crippen molar-refractivity contribution >= 4 is 11.3 Å². The number of aryl methyl sites for hydroxylation is 2. The van der Waals surface area contributed by atoms with Gasteiger partial charge in [-0.2, -0.15) is 0 Å². The molecule has 1 aliphatic carbocycles. The second-order valence-corrected chi connectivity index (χ2v) is 6.12. The highest BCUT2D eigenvalue weighted by Gasteiger charge is 2.25. The Hall–Kier alpha value is -0.410. The predicted octanol–water partition coefficient (Wildman–Crippen LogP) is 3.43. The van der Waals surface area contributed by atoms with Crippen LogP contribution in [-0.4, -0.2) is 11.0 Å². The van der Waals surface area contributed by atoms with Gasteiger partial charge < -0.3 is 5.32 Å². The van der Waals surface area contributed by atoms with Crippen molar-refractivity contribution in [1.29, 1.82) is 0 Å². The van der Waals surface area contributed by atoms with Crippen LogP contribution in [0, 0.1) is 19.8 Å². The fraction of sp³-hybridized carbons (Fsp3) is 0.769. The van der Waals surface area contributed by atoms with E-state index >= 15 is 0 Å². The molecule has 1 N–H and O–H groups in total. The number of aromatic nitrogens is 1. The average Bonchev–Trinajstić information content (AvgIpc) is 2.83. The van der Waals surface area contributed by atoms with Crippen LogP contribution in [0.5, 0.6) is 0 Å². The first-order valence-electron chi connectivity index (χ1n) is 6.37. The highest BCUT2D eigenvalue weighted by atomic mass is 32.1. The summed E-state index contributed by atoms with van der Waals surface area (Å²) in [5.74, 6) is 0.891. The molecule has 0 aromatic carbocycles. The van der Waals surface area contributed by atoms with Crippen LogP contribution in [0.15, 0.2) is 0 Å². The van der Waals surface area contributed by atoms with Crippen LogP contribution in [0.4, 0.5) is 0 Å². The Morgan fingerprint density at radius 1 is 1.38 bits per heavy atom. The second-order valence-electron chi connectivity index (χ2n) is 4.84. The highest BCUT2D eigenvalue weighted by molar-refractivity contribution is 7.11. The third-order valence-electron chi connectivity index (χ3n) is 3.77. The van der Waals surface area contributed by atoms with Gasteiger partial charge in [-0.1, -0.05) is 19.8 Å². The summed E-state index contributed by atoms with van der Waals surface area (Å²) in [6.45, 7) is 7.52. The van der Waals surface area contributed by atoms with Crippen LogP contribution in [0.25, 0.3) is 0 Å². The molecule has 1 saturated carbocycles. The van der Waals surface area contributed by atoms with E-state index in [4.69, 9.17) is 0 Å². The van der Waals surface area contributed by atoms with Crippen molar-refractivity contribution in [1.82, 2.24) is 10.3 Å². The molecule has 16 heavy (non-hydrogen) atoms. The van der Waals surface area contributed by atoms with Crippen molar-refractivity contribution < 1.29 is 0 Å². The second kappa shape index (κ2) is 5.28. The molecule has 2 nitrogen and oxygen atoms in total. The van der Waals surface area contributed by atoms with Crippen molar-refractivity contribution in [2.75, 3.05) is 0 Å². The Morgan fingerprint density at radius 2 is 2.19 bits per heavy atom. The summed E-state index contributed by atoms with van der Waals surface area (Å²) in [5.41, 5.74) is 1.19. The van der Waals surface area contributed by atoms with Gasteiger partial charge in [-0.25, -0.2) is 4.98 Å². The predicted molar refractivity (Wildman–Crippen MR) is 69.8 cm³/mol. The summed E-state index contributed by atoms with van der Waals surface area (Å²) in [4.78, 5) is 5.93. The van der Waals surface area contributed by atoms with E-state index < -0.39 is 0 Å². The Labute approximate surface area is 102 Å². The molecule has 2 unspecified atom stereocenters. The molecule has 0 aliphatic heterocycles. The highest BCUT2D eigenvalue weighted by Crippen LogP contribution is 2.28. The fourth-order valence-electron chi connectivity index (χ4n) is 2.63. The van der Waals surface area contributed by atoms with Crippen molar-refractivity contribution in [3.8, 4) is 0 Å². The number of nitrogens with zero attached hydrogens (tertiary/aromatic N) is 1. The van der Waals surface area contributed by atoms with E-state index in [2.05, 4.69) is 31.1 Å². The first-order valence-corrected chi connectivity index (χ1v) is 7.18. The SMILES string of the molecule is CCC1CCCC1NCc1nc(C)c(C)s1. The lowest BCUT2D eigenvalue weighted by molar-refractivity contribution is 0.389.